The van der Waals surface area contributed by atoms with Crippen molar-refractivity contribution in [3.8, 4) is 0 Å². The van der Waals surface area contributed by atoms with Crippen LogP contribution in [0.1, 0.15) is 80.5 Å². The third kappa shape index (κ3) is 13.0. The Bertz CT molecular complexity index is 2270. The number of nitrogens with two attached hydrogens (primary N) is 1. The lowest BCUT2D eigenvalue weighted by Gasteiger charge is -2.30. The Hall–Kier alpha value is -6.19. The highest BCUT2D eigenvalue weighted by atomic mass is 16.6. The van der Waals surface area contributed by atoms with Crippen LogP contribution in [0, 0.1) is 11.8 Å². The predicted octanol–water partition coefficient (Wildman–Crippen LogP) is 2.26. The maximum Gasteiger partial charge on any atom is 0.405 e. The zero-order valence-corrected chi connectivity index (χ0v) is 38.6. The van der Waals surface area contributed by atoms with Crippen LogP contribution in [0.4, 0.5) is 10.5 Å². The highest BCUT2D eigenvalue weighted by Crippen LogP contribution is 2.33. The second-order valence-corrected chi connectivity index (χ2v) is 16.8. The molecule has 362 valence electrons. The van der Waals surface area contributed by atoms with E-state index in [-0.39, 0.29) is 105 Å². The molecule has 6 N–H and O–H groups in total. The summed E-state index contributed by atoms with van der Waals surface area (Å²) in [4.78, 5) is 108. The third-order valence-corrected chi connectivity index (χ3v) is 11.8. The number of primary amides is 1. The molecule has 1 aliphatic carbocycles. The minimum Gasteiger partial charge on any atom is -0.439 e. The lowest BCUT2D eigenvalue weighted by Crippen LogP contribution is -2.54. The molecule has 1 aromatic carbocycles. The van der Waals surface area contributed by atoms with Crippen molar-refractivity contribution in [1.29, 1.82) is 0 Å². The summed E-state index contributed by atoms with van der Waals surface area (Å²) in [5.41, 5.74) is 6.83. The minimum absolute atomic E-state index is 0.0180. The minimum atomic E-state index is -1.07. The van der Waals surface area contributed by atoms with Gasteiger partial charge in [0.15, 0.2) is 11.9 Å². The van der Waals surface area contributed by atoms with Gasteiger partial charge in [-0.3, -0.25) is 43.8 Å². The topological polar surface area (TPSA) is 281 Å². The summed E-state index contributed by atoms with van der Waals surface area (Å²) in [5, 5.41) is 19.8. The fourth-order valence-electron chi connectivity index (χ4n) is 8.35. The fourth-order valence-corrected chi connectivity index (χ4v) is 8.35. The molecule has 3 heterocycles. The quantitative estimate of drug-likeness (QED) is 0.0958. The van der Waals surface area contributed by atoms with Gasteiger partial charge >= 0.3 is 6.09 Å². The molecule has 5 rings (SSSR count). The van der Waals surface area contributed by atoms with Gasteiger partial charge in [0.05, 0.1) is 61.9 Å². The van der Waals surface area contributed by atoms with E-state index < -0.39 is 90.0 Å². The van der Waals surface area contributed by atoms with E-state index in [0.29, 0.717) is 11.3 Å². The molecule has 7 atom stereocenters. The van der Waals surface area contributed by atoms with Crippen molar-refractivity contribution in [2.45, 2.75) is 90.3 Å². The summed E-state index contributed by atoms with van der Waals surface area (Å²) >= 11 is 0. The van der Waals surface area contributed by atoms with Crippen LogP contribution in [0.2, 0.25) is 0 Å². The highest BCUT2D eigenvalue weighted by Gasteiger charge is 2.45. The van der Waals surface area contributed by atoms with E-state index in [4.69, 9.17) is 29.4 Å². The molecule has 3 aliphatic heterocycles. The van der Waals surface area contributed by atoms with Crippen LogP contribution in [0.15, 0.2) is 69.9 Å². The number of aliphatic hydroxyl groups excluding tert-OH is 1. The van der Waals surface area contributed by atoms with Crippen molar-refractivity contribution in [3.05, 3.63) is 76.0 Å². The monoisotopic (exact) mass is 932 g/mol. The summed E-state index contributed by atoms with van der Waals surface area (Å²) < 4.78 is 28.1. The number of imide groups is 2. The maximum atomic E-state index is 14.0. The lowest BCUT2D eigenvalue weighted by molar-refractivity contribution is -0.136. The van der Waals surface area contributed by atoms with Gasteiger partial charge in [0, 0.05) is 56.5 Å². The molecule has 1 saturated heterocycles. The van der Waals surface area contributed by atoms with Crippen molar-refractivity contribution in [2.75, 3.05) is 59.1 Å². The van der Waals surface area contributed by atoms with Crippen LogP contribution in [0.5, 0.6) is 0 Å². The summed E-state index contributed by atoms with van der Waals surface area (Å²) in [7, 11) is 2.87. The van der Waals surface area contributed by atoms with Gasteiger partial charge in [-0.25, -0.2) is 9.79 Å². The van der Waals surface area contributed by atoms with Crippen LogP contribution in [0.25, 0.3) is 0 Å². The van der Waals surface area contributed by atoms with Gasteiger partial charge in [-0.2, -0.15) is 0 Å². The van der Waals surface area contributed by atoms with Crippen LogP contribution in [0.3, 0.4) is 0 Å². The number of nitrogens with zero attached hydrogens (tertiary/aromatic N) is 2. The first-order chi connectivity index (χ1) is 32.0. The van der Waals surface area contributed by atoms with Gasteiger partial charge in [0.2, 0.25) is 17.6 Å². The Morgan fingerprint density at radius 1 is 0.955 bits per heavy atom. The Kier molecular flexibility index (Phi) is 18.6. The van der Waals surface area contributed by atoms with E-state index in [1.807, 2.05) is 6.92 Å². The average molecular weight is 933 g/mol. The molecule has 2 bridgehead atoms. The van der Waals surface area contributed by atoms with Gasteiger partial charge < -0.3 is 45.2 Å². The Morgan fingerprint density at radius 3 is 2.31 bits per heavy atom. The molecule has 1 aromatic rings. The van der Waals surface area contributed by atoms with Gasteiger partial charge in [-0.1, -0.05) is 44.2 Å². The smallest absolute Gasteiger partial charge is 0.405 e. The molecule has 0 spiro atoms. The number of carbonyl (C=O) groups excluding carboxylic acids is 8. The van der Waals surface area contributed by atoms with E-state index in [9.17, 15) is 43.5 Å². The Labute approximate surface area is 388 Å². The number of hydrogen-bond donors (Lipinski definition) is 5. The number of rotatable bonds is 15. The van der Waals surface area contributed by atoms with Gasteiger partial charge in [0.1, 0.15) is 17.9 Å². The van der Waals surface area contributed by atoms with Crippen LogP contribution < -0.4 is 21.7 Å². The number of Topliss-reactive ketones (excluding diaryl/α,β-unsaturated/α-hetero) is 2. The van der Waals surface area contributed by atoms with E-state index >= 15 is 0 Å². The molecule has 20 heteroatoms. The van der Waals surface area contributed by atoms with E-state index in [2.05, 4.69) is 20.9 Å². The molecular formula is C47H60N6O14. The van der Waals surface area contributed by atoms with E-state index in [0.717, 1.165) is 4.90 Å². The number of ether oxygens (including phenoxy) is 5. The highest BCUT2D eigenvalue weighted by molar-refractivity contribution is 6.53. The van der Waals surface area contributed by atoms with Crippen LogP contribution in [-0.4, -0.2) is 147 Å². The van der Waals surface area contributed by atoms with Crippen molar-refractivity contribution in [1.82, 2.24) is 15.5 Å². The first-order valence-electron chi connectivity index (χ1n) is 22.1. The number of methoxy groups -OCH3 is 2. The van der Waals surface area contributed by atoms with Gasteiger partial charge in [0.25, 0.3) is 17.7 Å². The SMILES string of the molecule is CO[C@H]1/C=C\C=C(/C)C(=O)N=C2CC(=O)C(NCCOCCOCCNc3cccc4c3C(=O)N(C3CCC(=O)NC3=O)C4=O)=C(C[C@@H](C)C[C@H](OC)[C@H](O)[C@@H](C)/C=C(\C)[C@@H]1OC(N)=O)C2=O. The molecule has 0 saturated carbocycles. The molecule has 0 radical (unpaired) electrons. The van der Waals surface area contributed by atoms with Gasteiger partial charge in [-0.05, 0) is 56.7 Å². The zero-order valence-electron chi connectivity index (χ0n) is 38.6. The molecule has 1 fully saturated rings. The van der Waals surface area contributed by atoms with E-state index in [1.54, 1.807) is 38.1 Å². The van der Waals surface area contributed by atoms with Crippen molar-refractivity contribution < 1.29 is 67.1 Å². The number of anilines is 1. The van der Waals surface area contributed by atoms with Crippen LogP contribution in [-0.2, 0) is 47.7 Å². The number of benzene rings is 1. The number of fused-ring (bicyclic) bond motifs is 3. The number of aliphatic imine (C=N–C) groups is 1. The number of aliphatic hydroxyl groups is 1. The molecule has 6 amide bonds. The van der Waals surface area contributed by atoms with Crippen molar-refractivity contribution >= 4 is 58.6 Å². The van der Waals surface area contributed by atoms with Crippen molar-refractivity contribution in [3.63, 3.8) is 0 Å². The van der Waals surface area contributed by atoms with E-state index in [1.165, 1.54) is 39.4 Å². The number of allylic oxidation sites excluding steroid dienone is 4. The second-order valence-electron chi connectivity index (χ2n) is 16.8. The summed E-state index contributed by atoms with van der Waals surface area (Å²) in [6, 6.07) is 3.71. The normalized spacial score (nSPS) is 27.7. The average Bonchev–Trinajstić information content (AvgIpc) is 3.54. The molecule has 1 unspecified atom stereocenters. The first kappa shape index (κ1) is 51.8. The third-order valence-electron chi connectivity index (χ3n) is 11.8. The molecule has 20 nitrogen and oxygen atoms in total. The number of hydrogen-bond acceptors (Lipinski definition) is 16. The molecular weight excluding hydrogens is 873 g/mol. The largest absolute Gasteiger partial charge is 0.439 e. The van der Waals surface area contributed by atoms with Gasteiger partial charge in [-0.15, -0.1) is 0 Å². The summed E-state index contributed by atoms with van der Waals surface area (Å²) in [5.74, 6) is -4.90. The number of nitrogens with one attached hydrogen (secondary N) is 3. The summed E-state index contributed by atoms with van der Waals surface area (Å²) in [6.07, 6.45) is 1.71. The standard InChI is InChI=1S/C47H60N6O14/c1-25-21-30-39(50-16-18-66-20-19-65-17-15-49-31-11-8-10-29-38(31)46(61)53(45(29)60)33-13-14-37(55)52-44(33)59)34(54)24-32(41(30)57)51-43(58)26(2)9-7-12-35(63-5)42(67-47(48)62)28(4)23-27(3)40(56)36(22-25)64-6/h7-12,23,25,27,33,35-36,40,42,49-50,56H,13-22,24H2,1-6H3,(H2,48,62)(H,52,55,59)/b12-7-,26-9+,28-23+,51-32?/t25-,27+,33?,35+,36+,40-,42+/m1/s1. The number of carbonyl (C=O) groups is 8. The second kappa shape index (κ2) is 24.0. The first-order valence-corrected chi connectivity index (χ1v) is 22.1. The number of amides is 6. The Morgan fingerprint density at radius 2 is 1.66 bits per heavy atom. The zero-order chi connectivity index (χ0) is 48.9. The van der Waals surface area contributed by atoms with Crippen LogP contribution >= 0.6 is 0 Å². The number of piperidine rings is 1. The number of ketones is 2. The van der Waals surface area contributed by atoms with Crippen molar-refractivity contribution in [2.24, 2.45) is 22.6 Å². The molecule has 4 aliphatic rings. The predicted molar refractivity (Wildman–Crippen MR) is 242 cm³/mol. The fraction of sp³-hybridized carbons (Fsp3) is 0.511. The maximum absolute atomic E-state index is 14.0. The molecule has 0 aromatic heterocycles. The summed E-state index contributed by atoms with van der Waals surface area (Å²) in [6.45, 7) is 8.01. The Balaban J connectivity index is 1.19. The lowest BCUT2D eigenvalue weighted by atomic mass is 9.83. The molecule has 67 heavy (non-hydrogen) atoms.